The number of aryl methyl sites for hydroxylation is 1. The summed E-state index contributed by atoms with van der Waals surface area (Å²) in [6.07, 6.45) is 0.827. The Morgan fingerprint density at radius 2 is 1.91 bits per heavy atom. The van der Waals surface area contributed by atoms with E-state index in [1.165, 1.54) is 12.1 Å². The zero-order valence-corrected chi connectivity index (χ0v) is 17.2. The van der Waals surface area contributed by atoms with Gasteiger partial charge >= 0.3 is 6.18 Å². The summed E-state index contributed by atoms with van der Waals surface area (Å²) in [5, 5.41) is 12.8. The molecule has 3 aromatic heterocycles. The number of fused-ring (bicyclic) bond motifs is 3. The number of halogens is 3. The number of nitrogens with zero attached hydrogens (tertiary/aromatic N) is 7. The largest absolute Gasteiger partial charge is 0.416 e. The molecular weight excluding hydrogens is 435 g/mol. The van der Waals surface area contributed by atoms with Crippen LogP contribution in [-0.4, -0.2) is 34.9 Å². The van der Waals surface area contributed by atoms with Gasteiger partial charge in [-0.2, -0.15) is 13.2 Å². The van der Waals surface area contributed by atoms with Crippen molar-refractivity contribution in [2.45, 2.75) is 18.7 Å². The van der Waals surface area contributed by atoms with E-state index in [-0.39, 0.29) is 6.10 Å². The molecule has 8 nitrogen and oxygen atoms in total. The molecule has 5 aromatic rings. The molecule has 4 heterocycles. The lowest BCUT2D eigenvalue weighted by atomic mass is 10.0. The van der Waals surface area contributed by atoms with Crippen LogP contribution in [0.15, 0.2) is 66.3 Å². The molecule has 1 aliphatic heterocycles. The van der Waals surface area contributed by atoms with Gasteiger partial charge in [-0.05, 0) is 42.0 Å². The van der Waals surface area contributed by atoms with Crippen LogP contribution in [-0.2, 0) is 18.1 Å². The summed E-state index contributed by atoms with van der Waals surface area (Å²) in [5.41, 5.74) is 3.21. The quantitative estimate of drug-likeness (QED) is 0.398. The molecular formula is C22H16F3N7O. The van der Waals surface area contributed by atoms with E-state index >= 15 is 0 Å². The topological polar surface area (TPSA) is 75.1 Å². The van der Waals surface area contributed by atoms with Crippen molar-refractivity contribution in [3.8, 4) is 5.69 Å². The van der Waals surface area contributed by atoms with Gasteiger partial charge in [0.25, 0.3) is 0 Å². The van der Waals surface area contributed by atoms with E-state index in [1.807, 2.05) is 34.4 Å². The van der Waals surface area contributed by atoms with Gasteiger partial charge in [0.15, 0.2) is 17.6 Å². The molecule has 0 N–H and O–H groups in total. The van der Waals surface area contributed by atoms with E-state index in [0.29, 0.717) is 23.6 Å². The molecule has 0 aliphatic carbocycles. The molecule has 0 spiro atoms. The van der Waals surface area contributed by atoms with Crippen molar-refractivity contribution in [1.29, 1.82) is 0 Å². The maximum Gasteiger partial charge on any atom is 0.416 e. The molecule has 0 bridgehead atoms. The Bertz CT molecular complexity index is 1510. The van der Waals surface area contributed by atoms with Gasteiger partial charge in [0.1, 0.15) is 0 Å². The molecule has 1 unspecified atom stereocenters. The first-order chi connectivity index (χ1) is 15.9. The van der Waals surface area contributed by atoms with Crippen LogP contribution < -0.4 is 0 Å². The molecule has 33 heavy (non-hydrogen) atoms. The number of oxime groups is 1. The lowest BCUT2D eigenvalue weighted by molar-refractivity contribution is -0.137. The van der Waals surface area contributed by atoms with Crippen molar-refractivity contribution in [1.82, 2.24) is 29.1 Å². The highest BCUT2D eigenvalue weighted by atomic mass is 19.4. The summed E-state index contributed by atoms with van der Waals surface area (Å²) in [6, 6.07) is 11.0. The molecule has 0 saturated carbocycles. The van der Waals surface area contributed by atoms with Crippen LogP contribution in [0.2, 0.25) is 0 Å². The first kappa shape index (κ1) is 19.5. The normalized spacial score (nSPS) is 16.5. The van der Waals surface area contributed by atoms with E-state index in [2.05, 4.69) is 20.5 Å². The fourth-order valence-electron chi connectivity index (χ4n) is 4.23. The highest BCUT2D eigenvalue weighted by molar-refractivity contribution is 6.06. The Balaban J connectivity index is 1.43. The third-order valence-corrected chi connectivity index (χ3v) is 5.81. The Kier molecular flexibility index (Phi) is 4.10. The van der Waals surface area contributed by atoms with Crippen LogP contribution in [0.1, 0.15) is 23.7 Å². The zero-order valence-electron chi connectivity index (χ0n) is 17.2. The number of hydrogen-bond acceptors (Lipinski definition) is 5. The molecule has 11 heteroatoms. The molecule has 1 aliphatic rings. The second-order valence-electron chi connectivity index (χ2n) is 7.84. The molecule has 1 atom stereocenters. The molecule has 0 saturated heterocycles. The van der Waals surface area contributed by atoms with Gasteiger partial charge in [-0.25, -0.2) is 9.67 Å². The van der Waals surface area contributed by atoms with Crippen molar-refractivity contribution in [3.63, 3.8) is 0 Å². The van der Waals surface area contributed by atoms with Gasteiger partial charge in [-0.15, -0.1) is 5.10 Å². The van der Waals surface area contributed by atoms with Crippen molar-refractivity contribution in [3.05, 3.63) is 72.3 Å². The smallest absolute Gasteiger partial charge is 0.386 e. The Morgan fingerprint density at radius 3 is 2.64 bits per heavy atom. The lowest BCUT2D eigenvalue weighted by Gasteiger charge is -2.11. The van der Waals surface area contributed by atoms with Crippen molar-refractivity contribution in [2.24, 2.45) is 12.2 Å². The maximum atomic E-state index is 13.0. The molecule has 2 aromatic carbocycles. The van der Waals surface area contributed by atoms with Crippen LogP contribution >= 0.6 is 0 Å². The van der Waals surface area contributed by atoms with Crippen LogP contribution in [0.5, 0.6) is 0 Å². The molecule has 6 rings (SSSR count). The first-order valence-electron chi connectivity index (χ1n) is 10.1. The van der Waals surface area contributed by atoms with E-state index < -0.39 is 11.7 Å². The monoisotopic (exact) mass is 451 g/mol. The average Bonchev–Trinajstić information content (AvgIpc) is 3.58. The Hall–Kier alpha value is -4.15. The predicted molar refractivity (Wildman–Crippen MR) is 114 cm³/mol. The second kappa shape index (κ2) is 6.92. The fraction of sp³-hybridized carbons (Fsp3) is 0.182. The maximum absolute atomic E-state index is 13.0. The van der Waals surface area contributed by atoms with Gasteiger partial charge in [0.2, 0.25) is 0 Å². The molecule has 166 valence electrons. The van der Waals surface area contributed by atoms with Gasteiger partial charge in [-0.1, -0.05) is 16.4 Å². The van der Waals surface area contributed by atoms with E-state index in [9.17, 15) is 13.2 Å². The average molecular weight is 451 g/mol. The minimum Gasteiger partial charge on any atom is -0.386 e. The third-order valence-electron chi connectivity index (χ3n) is 5.81. The summed E-state index contributed by atoms with van der Waals surface area (Å²) >= 11 is 0. The summed E-state index contributed by atoms with van der Waals surface area (Å²) in [5.74, 6) is 0.658. The van der Waals surface area contributed by atoms with Crippen LogP contribution in [0.4, 0.5) is 13.2 Å². The summed E-state index contributed by atoms with van der Waals surface area (Å²) < 4.78 is 44.4. The lowest BCUT2D eigenvalue weighted by Crippen LogP contribution is -2.11. The number of aromatic nitrogens is 6. The van der Waals surface area contributed by atoms with Crippen molar-refractivity contribution >= 4 is 27.9 Å². The highest BCUT2D eigenvalue weighted by Gasteiger charge is 2.30. The molecule has 0 fully saturated rings. The Labute approximate surface area is 184 Å². The second-order valence-corrected chi connectivity index (χ2v) is 7.84. The standard InChI is InChI=1S/C22H16F3N7O/c1-30-12-26-21-20(30)16-10-13(18-11-19(28-33-18)31-9-8-27-29-31)2-7-17(16)32(21)15-5-3-14(4-6-15)22(23,24)25/h2-10,12,18H,11H2,1H3. The summed E-state index contributed by atoms with van der Waals surface area (Å²) in [4.78, 5) is 10.2. The van der Waals surface area contributed by atoms with Crippen molar-refractivity contribution in [2.75, 3.05) is 0 Å². The van der Waals surface area contributed by atoms with Gasteiger partial charge in [0, 0.05) is 18.1 Å². The van der Waals surface area contributed by atoms with Crippen molar-refractivity contribution < 1.29 is 18.0 Å². The summed E-state index contributed by atoms with van der Waals surface area (Å²) in [7, 11) is 1.89. The molecule has 0 amide bonds. The van der Waals surface area contributed by atoms with Gasteiger partial charge in [0.05, 0.1) is 41.7 Å². The Morgan fingerprint density at radius 1 is 1.09 bits per heavy atom. The number of alkyl halides is 3. The van der Waals surface area contributed by atoms with Crippen LogP contribution in [0.25, 0.3) is 27.8 Å². The minimum atomic E-state index is -4.39. The SMILES string of the molecule is Cn1cnc2c1c1cc(C3CC(n4ccnn4)=NO3)ccc1n2-c1ccc(C(F)(F)F)cc1. The van der Waals surface area contributed by atoms with Gasteiger partial charge < -0.3 is 9.40 Å². The van der Waals surface area contributed by atoms with E-state index in [4.69, 9.17) is 4.84 Å². The number of rotatable bonds is 2. The molecule has 0 radical (unpaired) electrons. The first-order valence-corrected chi connectivity index (χ1v) is 10.1. The van der Waals surface area contributed by atoms with Crippen LogP contribution in [0.3, 0.4) is 0 Å². The third kappa shape index (κ3) is 3.07. The van der Waals surface area contributed by atoms with E-state index in [1.54, 1.807) is 23.4 Å². The predicted octanol–water partition coefficient (Wildman–Crippen LogP) is 4.45. The number of benzene rings is 2. The fourth-order valence-corrected chi connectivity index (χ4v) is 4.23. The van der Waals surface area contributed by atoms with Crippen LogP contribution in [0, 0.1) is 0 Å². The van der Waals surface area contributed by atoms with E-state index in [0.717, 1.165) is 34.1 Å². The zero-order chi connectivity index (χ0) is 22.7. The number of imidazole rings is 1. The number of hydrogen-bond donors (Lipinski definition) is 0. The summed E-state index contributed by atoms with van der Waals surface area (Å²) in [6.45, 7) is 0. The van der Waals surface area contributed by atoms with Gasteiger partial charge in [-0.3, -0.25) is 4.57 Å². The highest BCUT2D eigenvalue weighted by Crippen LogP contribution is 2.36. The minimum absolute atomic E-state index is 0.286.